The van der Waals surface area contributed by atoms with Gasteiger partial charge in [0.1, 0.15) is 0 Å². The number of rotatable bonds is 4. The van der Waals surface area contributed by atoms with E-state index in [2.05, 4.69) is 5.32 Å². The van der Waals surface area contributed by atoms with E-state index in [0.717, 1.165) is 25.4 Å². The van der Waals surface area contributed by atoms with Gasteiger partial charge in [0.2, 0.25) is 0 Å². The average Bonchev–Trinajstić information content (AvgIpc) is 2.40. The van der Waals surface area contributed by atoms with Crippen LogP contribution >= 0.6 is 0 Å². The van der Waals surface area contributed by atoms with Crippen molar-refractivity contribution in [3.05, 3.63) is 0 Å². The molecule has 1 aliphatic carbocycles. The summed E-state index contributed by atoms with van der Waals surface area (Å²) in [7, 11) is 0. The van der Waals surface area contributed by atoms with Crippen molar-refractivity contribution in [3.8, 4) is 0 Å². The van der Waals surface area contributed by atoms with Crippen LogP contribution in [-0.4, -0.2) is 36.1 Å². The fourth-order valence-electron chi connectivity index (χ4n) is 2.28. The van der Waals surface area contributed by atoms with E-state index in [4.69, 9.17) is 5.73 Å². The minimum absolute atomic E-state index is 0.104. The largest absolute Gasteiger partial charge is 0.333 e. The first-order valence-corrected chi connectivity index (χ1v) is 5.98. The molecule has 3 N–H and O–H groups in total. The van der Waals surface area contributed by atoms with Gasteiger partial charge in [0.05, 0.1) is 6.04 Å². The molecule has 0 spiro atoms. The zero-order chi connectivity index (χ0) is 10.8. The Hall–Kier alpha value is -0.770. The van der Waals surface area contributed by atoms with Crippen LogP contribution in [0.4, 0.5) is 4.79 Å². The molecule has 0 aromatic heterocycles. The normalized spacial score (nSPS) is 28.8. The van der Waals surface area contributed by atoms with Crippen molar-refractivity contribution in [1.82, 2.24) is 10.2 Å². The molecule has 0 radical (unpaired) electrons. The van der Waals surface area contributed by atoms with Crippen LogP contribution in [0, 0.1) is 5.92 Å². The van der Waals surface area contributed by atoms with Crippen molar-refractivity contribution in [2.75, 3.05) is 13.1 Å². The SMILES string of the molecule is CC(N)CCN1CC(C2CCC2)NC1=O. The van der Waals surface area contributed by atoms with Crippen molar-refractivity contribution in [2.24, 2.45) is 11.7 Å². The summed E-state index contributed by atoms with van der Waals surface area (Å²) in [5.74, 6) is 0.731. The number of carbonyl (C=O) groups excluding carboxylic acids is 1. The summed E-state index contributed by atoms with van der Waals surface area (Å²) >= 11 is 0. The number of hydrogen-bond donors (Lipinski definition) is 2. The number of hydrogen-bond acceptors (Lipinski definition) is 2. The topological polar surface area (TPSA) is 58.4 Å². The fourth-order valence-corrected chi connectivity index (χ4v) is 2.28. The van der Waals surface area contributed by atoms with Crippen LogP contribution in [-0.2, 0) is 0 Å². The van der Waals surface area contributed by atoms with Crippen molar-refractivity contribution < 1.29 is 4.79 Å². The van der Waals surface area contributed by atoms with Gasteiger partial charge in [-0.15, -0.1) is 0 Å². The highest BCUT2D eigenvalue weighted by Crippen LogP contribution is 2.31. The lowest BCUT2D eigenvalue weighted by atomic mass is 9.80. The average molecular weight is 211 g/mol. The molecule has 4 nitrogen and oxygen atoms in total. The summed E-state index contributed by atoms with van der Waals surface area (Å²) in [4.78, 5) is 13.5. The van der Waals surface area contributed by atoms with E-state index in [1.165, 1.54) is 19.3 Å². The summed E-state index contributed by atoms with van der Waals surface area (Å²) in [6.07, 6.45) is 4.79. The van der Waals surface area contributed by atoms with E-state index in [-0.39, 0.29) is 12.1 Å². The molecule has 1 saturated heterocycles. The van der Waals surface area contributed by atoms with Crippen LogP contribution < -0.4 is 11.1 Å². The van der Waals surface area contributed by atoms with E-state index < -0.39 is 0 Å². The molecule has 2 rings (SSSR count). The van der Waals surface area contributed by atoms with E-state index >= 15 is 0 Å². The molecule has 2 atom stereocenters. The Balaban J connectivity index is 1.78. The predicted molar refractivity (Wildman–Crippen MR) is 59.5 cm³/mol. The summed E-state index contributed by atoms with van der Waals surface area (Å²) in [6, 6.07) is 0.687. The molecule has 2 unspecified atom stereocenters. The minimum Gasteiger partial charge on any atom is -0.333 e. The quantitative estimate of drug-likeness (QED) is 0.726. The first-order valence-electron chi connectivity index (χ1n) is 5.98. The van der Waals surface area contributed by atoms with E-state index in [1.54, 1.807) is 0 Å². The Morgan fingerprint density at radius 3 is 2.87 bits per heavy atom. The Bertz CT molecular complexity index is 238. The van der Waals surface area contributed by atoms with Crippen LogP contribution in [0.1, 0.15) is 32.6 Å². The van der Waals surface area contributed by atoms with Crippen molar-refractivity contribution in [2.45, 2.75) is 44.7 Å². The van der Waals surface area contributed by atoms with Crippen LogP contribution in [0.15, 0.2) is 0 Å². The molecule has 2 amide bonds. The molecule has 0 aromatic carbocycles. The first-order chi connectivity index (χ1) is 7.16. The Labute approximate surface area is 91.2 Å². The smallest absolute Gasteiger partial charge is 0.317 e. The zero-order valence-electron chi connectivity index (χ0n) is 9.41. The maximum atomic E-state index is 11.6. The fraction of sp³-hybridized carbons (Fsp3) is 0.909. The third-order valence-corrected chi connectivity index (χ3v) is 3.59. The van der Waals surface area contributed by atoms with Crippen molar-refractivity contribution in [3.63, 3.8) is 0 Å². The molecule has 1 saturated carbocycles. The number of carbonyl (C=O) groups is 1. The lowest BCUT2D eigenvalue weighted by Gasteiger charge is -2.30. The van der Waals surface area contributed by atoms with Gasteiger partial charge < -0.3 is 16.0 Å². The van der Waals surface area contributed by atoms with E-state index in [9.17, 15) is 4.79 Å². The molecule has 0 bridgehead atoms. The van der Waals surface area contributed by atoms with Crippen LogP contribution in [0.25, 0.3) is 0 Å². The van der Waals surface area contributed by atoms with Gasteiger partial charge in [-0.3, -0.25) is 0 Å². The van der Waals surface area contributed by atoms with Crippen LogP contribution in [0.2, 0.25) is 0 Å². The van der Waals surface area contributed by atoms with Gasteiger partial charge in [0, 0.05) is 19.1 Å². The highest BCUT2D eigenvalue weighted by molar-refractivity contribution is 5.76. The number of nitrogens with zero attached hydrogens (tertiary/aromatic N) is 1. The number of nitrogens with two attached hydrogens (primary N) is 1. The molecule has 2 fully saturated rings. The van der Waals surface area contributed by atoms with E-state index in [0.29, 0.717) is 6.04 Å². The van der Waals surface area contributed by atoms with Gasteiger partial charge in [-0.25, -0.2) is 4.79 Å². The van der Waals surface area contributed by atoms with Crippen molar-refractivity contribution in [1.29, 1.82) is 0 Å². The van der Waals surface area contributed by atoms with E-state index in [1.807, 2.05) is 11.8 Å². The molecular formula is C11H21N3O. The second kappa shape index (κ2) is 4.39. The third kappa shape index (κ3) is 2.43. The monoisotopic (exact) mass is 211 g/mol. The predicted octanol–water partition coefficient (Wildman–Crippen LogP) is 0.918. The second-order valence-electron chi connectivity index (χ2n) is 4.96. The Kier molecular flexibility index (Phi) is 3.14. The van der Waals surface area contributed by atoms with Gasteiger partial charge in [0.25, 0.3) is 0 Å². The standard InChI is InChI=1S/C11H21N3O/c1-8(12)5-6-14-7-10(13-11(14)15)9-3-2-4-9/h8-10H,2-7,12H2,1H3,(H,13,15). The number of nitrogens with one attached hydrogen (secondary N) is 1. The molecule has 1 heterocycles. The Morgan fingerprint density at radius 1 is 1.60 bits per heavy atom. The molecule has 2 aliphatic rings. The summed E-state index contributed by atoms with van der Waals surface area (Å²) < 4.78 is 0. The lowest BCUT2D eigenvalue weighted by Crippen LogP contribution is -2.37. The van der Waals surface area contributed by atoms with Gasteiger partial charge in [-0.05, 0) is 32.1 Å². The van der Waals surface area contributed by atoms with Crippen molar-refractivity contribution >= 4 is 6.03 Å². The first kappa shape index (κ1) is 10.7. The summed E-state index contributed by atoms with van der Waals surface area (Å²) in [5.41, 5.74) is 5.69. The summed E-state index contributed by atoms with van der Waals surface area (Å²) in [6.45, 7) is 3.67. The zero-order valence-corrected chi connectivity index (χ0v) is 9.41. The number of amides is 2. The van der Waals surface area contributed by atoms with Crippen LogP contribution in [0.5, 0.6) is 0 Å². The lowest BCUT2D eigenvalue weighted by molar-refractivity contribution is 0.215. The van der Waals surface area contributed by atoms with Gasteiger partial charge in [-0.2, -0.15) is 0 Å². The number of urea groups is 1. The van der Waals surface area contributed by atoms with Gasteiger partial charge in [-0.1, -0.05) is 6.42 Å². The van der Waals surface area contributed by atoms with Gasteiger partial charge in [0.15, 0.2) is 0 Å². The molecular weight excluding hydrogens is 190 g/mol. The maximum absolute atomic E-state index is 11.6. The highest BCUT2D eigenvalue weighted by atomic mass is 16.2. The molecule has 4 heteroatoms. The van der Waals surface area contributed by atoms with Crippen LogP contribution in [0.3, 0.4) is 0 Å². The van der Waals surface area contributed by atoms with Gasteiger partial charge >= 0.3 is 6.03 Å². The molecule has 86 valence electrons. The second-order valence-corrected chi connectivity index (χ2v) is 4.96. The Morgan fingerprint density at radius 2 is 2.33 bits per heavy atom. The highest BCUT2D eigenvalue weighted by Gasteiger charge is 2.36. The third-order valence-electron chi connectivity index (χ3n) is 3.59. The molecule has 15 heavy (non-hydrogen) atoms. The maximum Gasteiger partial charge on any atom is 0.317 e. The molecule has 1 aliphatic heterocycles. The summed E-state index contributed by atoms with van der Waals surface area (Å²) in [5, 5.41) is 3.08. The minimum atomic E-state index is 0.104. The molecule has 0 aromatic rings.